The average molecular weight is 332 g/mol. The maximum absolute atomic E-state index is 13.6. The molecule has 0 aliphatic carbocycles. The fourth-order valence-corrected chi connectivity index (χ4v) is 3.36. The van der Waals surface area contributed by atoms with Crippen LogP contribution in [0.1, 0.15) is 5.56 Å². The van der Waals surface area contributed by atoms with Gasteiger partial charge in [0.25, 0.3) is 5.69 Å². The third-order valence-electron chi connectivity index (χ3n) is 3.66. The van der Waals surface area contributed by atoms with E-state index in [1.165, 1.54) is 18.2 Å². The topological polar surface area (TPSA) is 63.5 Å². The van der Waals surface area contributed by atoms with Gasteiger partial charge >= 0.3 is 0 Å². The van der Waals surface area contributed by atoms with Crippen molar-refractivity contribution in [2.24, 2.45) is 0 Å². The van der Waals surface area contributed by atoms with Crippen LogP contribution in [0.4, 0.5) is 15.8 Å². The van der Waals surface area contributed by atoms with Gasteiger partial charge in [0.1, 0.15) is 5.82 Å². The molecular formula is C16H13FN2O3S. The van der Waals surface area contributed by atoms with E-state index >= 15 is 0 Å². The Labute approximate surface area is 136 Å². The summed E-state index contributed by atoms with van der Waals surface area (Å²) in [5.74, 6) is -0.356. The van der Waals surface area contributed by atoms with Gasteiger partial charge in [-0.1, -0.05) is 12.1 Å². The average Bonchev–Trinajstić information content (AvgIpc) is 2.97. The van der Waals surface area contributed by atoms with E-state index in [1.807, 2.05) is 0 Å². The smallest absolute Gasteiger partial charge is 0.269 e. The zero-order valence-electron chi connectivity index (χ0n) is 12.1. The fourth-order valence-electron chi connectivity index (χ4n) is 2.54. The van der Waals surface area contributed by atoms with Crippen LogP contribution in [-0.4, -0.2) is 23.1 Å². The summed E-state index contributed by atoms with van der Waals surface area (Å²) < 4.78 is 13.6. The number of nitro benzene ring substituents is 1. The number of nitrogens with zero attached hydrogens (tertiary/aromatic N) is 2. The summed E-state index contributed by atoms with van der Waals surface area (Å²) in [5.41, 5.74) is 1.52. The third-order valence-corrected chi connectivity index (χ3v) is 4.69. The van der Waals surface area contributed by atoms with Crippen LogP contribution < -0.4 is 4.90 Å². The largest absolute Gasteiger partial charge is 0.311 e. The zero-order valence-corrected chi connectivity index (χ0v) is 12.9. The Morgan fingerprint density at radius 1 is 1.30 bits per heavy atom. The lowest BCUT2D eigenvalue weighted by Crippen LogP contribution is -2.30. The molecule has 0 saturated heterocycles. The van der Waals surface area contributed by atoms with Crippen LogP contribution in [0, 0.1) is 15.9 Å². The SMILES string of the molecule is O=C(CSc1ccccc1F)N1CCc2cc([N+](=O)[O-])ccc21. The Hall–Kier alpha value is -2.41. The maximum atomic E-state index is 13.6. The van der Waals surface area contributed by atoms with E-state index in [-0.39, 0.29) is 23.2 Å². The Morgan fingerprint density at radius 3 is 2.83 bits per heavy atom. The molecule has 0 spiro atoms. The Balaban J connectivity index is 1.71. The summed E-state index contributed by atoms with van der Waals surface area (Å²) in [6.07, 6.45) is 0.590. The van der Waals surface area contributed by atoms with Gasteiger partial charge in [-0.3, -0.25) is 14.9 Å². The molecule has 3 rings (SSSR count). The number of fused-ring (bicyclic) bond motifs is 1. The quantitative estimate of drug-likeness (QED) is 0.489. The number of non-ortho nitro benzene ring substituents is 1. The molecule has 0 unspecified atom stereocenters. The molecule has 0 fully saturated rings. The first-order valence-corrected chi connectivity index (χ1v) is 8.00. The van der Waals surface area contributed by atoms with Crippen molar-refractivity contribution in [2.75, 3.05) is 17.2 Å². The van der Waals surface area contributed by atoms with Gasteiger partial charge in [-0.25, -0.2) is 4.39 Å². The second-order valence-corrected chi connectivity index (χ2v) is 6.10. The van der Waals surface area contributed by atoms with Gasteiger partial charge in [-0.15, -0.1) is 11.8 Å². The van der Waals surface area contributed by atoms with Crippen molar-refractivity contribution in [2.45, 2.75) is 11.3 Å². The lowest BCUT2D eigenvalue weighted by molar-refractivity contribution is -0.384. The van der Waals surface area contributed by atoms with E-state index < -0.39 is 4.92 Å². The first kappa shape index (κ1) is 15.5. The molecule has 0 radical (unpaired) electrons. The molecule has 23 heavy (non-hydrogen) atoms. The number of carbonyl (C=O) groups excluding carboxylic acids is 1. The molecule has 1 aliphatic rings. The van der Waals surface area contributed by atoms with E-state index in [1.54, 1.807) is 29.2 Å². The summed E-state index contributed by atoms with van der Waals surface area (Å²) in [6.45, 7) is 0.493. The highest BCUT2D eigenvalue weighted by atomic mass is 32.2. The zero-order chi connectivity index (χ0) is 16.4. The minimum Gasteiger partial charge on any atom is -0.311 e. The van der Waals surface area contributed by atoms with E-state index in [2.05, 4.69) is 0 Å². The van der Waals surface area contributed by atoms with E-state index in [0.717, 1.165) is 17.3 Å². The number of hydrogen-bond donors (Lipinski definition) is 0. The molecule has 2 aromatic rings. The number of hydrogen-bond acceptors (Lipinski definition) is 4. The standard InChI is InChI=1S/C16H13FN2O3S/c17-13-3-1-2-4-15(13)23-10-16(20)18-8-7-11-9-12(19(21)22)5-6-14(11)18/h1-6,9H,7-8,10H2. The number of benzene rings is 2. The number of carbonyl (C=O) groups is 1. The Morgan fingerprint density at radius 2 is 2.09 bits per heavy atom. The second-order valence-electron chi connectivity index (χ2n) is 5.08. The highest BCUT2D eigenvalue weighted by Crippen LogP contribution is 2.32. The third kappa shape index (κ3) is 3.19. The highest BCUT2D eigenvalue weighted by molar-refractivity contribution is 8.00. The summed E-state index contributed by atoms with van der Waals surface area (Å²) >= 11 is 1.15. The molecule has 5 nitrogen and oxygen atoms in total. The number of halogens is 1. The molecule has 1 aliphatic heterocycles. The summed E-state index contributed by atoms with van der Waals surface area (Å²) in [7, 11) is 0. The van der Waals surface area contributed by atoms with E-state index in [0.29, 0.717) is 23.5 Å². The highest BCUT2D eigenvalue weighted by Gasteiger charge is 2.26. The van der Waals surface area contributed by atoms with Crippen molar-refractivity contribution in [1.29, 1.82) is 0 Å². The van der Waals surface area contributed by atoms with Crippen LogP contribution >= 0.6 is 11.8 Å². The molecule has 7 heteroatoms. The summed E-state index contributed by atoms with van der Waals surface area (Å²) in [5, 5.41) is 10.8. The lowest BCUT2D eigenvalue weighted by Gasteiger charge is -2.17. The molecule has 0 saturated carbocycles. The second kappa shape index (κ2) is 6.37. The minimum atomic E-state index is -0.446. The predicted molar refractivity (Wildman–Crippen MR) is 86.3 cm³/mol. The van der Waals surface area contributed by atoms with Crippen molar-refractivity contribution < 1.29 is 14.1 Å². The molecule has 0 bridgehead atoms. The maximum Gasteiger partial charge on any atom is 0.269 e. The molecule has 1 amide bonds. The predicted octanol–water partition coefficient (Wildman–Crippen LogP) is 3.42. The van der Waals surface area contributed by atoms with Crippen molar-refractivity contribution in [1.82, 2.24) is 0 Å². The first-order valence-electron chi connectivity index (χ1n) is 7.01. The van der Waals surface area contributed by atoms with Crippen molar-refractivity contribution in [3.63, 3.8) is 0 Å². The Kier molecular flexibility index (Phi) is 4.29. The monoisotopic (exact) mass is 332 g/mol. The van der Waals surface area contributed by atoms with Gasteiger partial charge in [-0.2, -0.15) is 0 Å². The molecule has 1 heterocycles. The normalized spacial score (nSPS) is 13.0. The summed E-state index contributed by atoms with van der Waals surface area (Å²) in [6, 6.07) is 10.8. The van der Waals surface area contributed by atoms with Gasteiger partial charge in [-0.05, 0) is 30.2 Å². The molecule has 0 N–H and O–H groups in total. The molecule has 0 aromatic heterocycles. The van der Waals surface area contributed by atoms with Gasteiger partial charge < -0.3 is 4.90 Å². The molecule has 118 valence electrons. The van der Waals surface area contributed by atoms with Gasteiger partial charge in [0.05, 0.1) is 10.7 Å². The van der Waals surface area contributed by atoms with Crippen LogP contribution in [0.15, 0.2) is 47.4 Å². The van der Waals surface area contributed by atoms with Crippen LogP contribution in [0.3, 0.4) is 0 Å². The van der Waals surface area contributed by atoms with E-state index in [9.17, 15) is 19.3 Å². The van der Waals surface area contributed by atoms with Gasteiger partial charge in [0.2, 0.25) is 5.91 Å². The first-order chi connectivity index (χ1) is 11.1. The number of nitro groups is 1. The van der Waals surface area contributed by atoms with Gasteiger partial charge in [0, 0.05) is 29.3 Å². The molecule has 2 aromatic carbocycles. The van der Waals surface area contributed by atoms with Crippen LogP contribution in [0.25, 0.3) is 0 Å². The number of thioether (sulfide) groups is 1. The van der Waals surface area contributed by atoms with Crippen LogP contribution in [0.2, 0.25) is 0 Å². The number of amides is 1. The fraction of sp³-hybridized carbons (Fsp3) is 0.188. The Bertz CT molecular complexity index is 782. The van der Waals surface area contributed by atoms with Crippen molar-refractivity contribution in [3.05, 3.63) is 64.0 Å². The lowest BCUT2D eigenvalue weighted by atomic mass is 10.1. The summed E-state index contributed by atoms with van der Waals surface area (Å²) in [4.78, 5) is 24.7. The van der Waals surface area contributed by atoms with Crippen LogP contribution in [-0.2, 0) is 11.2 Å². The van der Waals surface area contributed by atoms with Crippen molar-refractivity contribution in [3.8, 4) is 0 Å². The minimum absolute atomic E-state index is 0.0266. The molecular weight excluding hydrogens is 319 g/mol. The molecule has 0 atom stereocenters. The van der Waals surface area contributed by atoms with Crippen LogP contribution in [0.5, 0.6) is 0 Å². The van der Waals surface area contributed by atoms with E-state index in [4.69, 9.17) is 0 Å². The van der Waals surface area contributed by atoms with Crippen molar-refractivity contribution >= 4 is 29.0 Å². The van der Waals surface area contributed by atoms with Gasteiger partial charge in [0.15, 0.2) is 0 Å². The number of rotatable bonds is 4. The number of anilines is 1.